The van der Waals surface area contributed by atoms with Gasteiger partial charge in [0.05, 0.1) is 18.9 Å². The summed E-state index contributed by atoms with van der Waals surface area (Å²) in [6.45, 7) is 6.68. The van der Waals surface area contributed by atoms with Crippen LogP contribution in [0.25, 0.3) is 0 Å². The molecule has 23 heavy (non-hydrogen) atoms. The van der Waals surface area contributed by atoms with Crippen molar-refractivity contribution in [3.8, 4) is 0 Å². The van der Waals surface area contributed by atoms with E-state index in [4.69, 9.17) is 4.74 Å². The minimum atomic E-state index is 0.418. The molecule has 5 heteroatoms. The zero-order chi connectivity index (χ0) is 15.9. The Bertz CT molecular complexity index is 578. The van der Waals surface area contributed by atoms with Gasteiger partial charge in [-0.15, -0.1) is 5.10 Å². The summed E-state index contributed by atoms with van der Waals surface area (Å²) in [4.78, 5) is 0. The molecule has 1 aliphatic rings. The predicted molar refractivity (Wildman–Crippen MR) is 90.0 cm³/mol. The van der Waals surface area contributed by atoms with Gasteiger partial charge in [-0.3, -0.25) is 4.68 Å². The number of hydrogen-bond acceptors (Lipinski definition) is 4. The van der Waals surface area contributed by atoms with Crippen molar-refractivity contribution in [2.45, 2.75) is 32.9 Å². The van der Waals surface area contributed by atoms with Crippen molar-refractivity contribution >= 4 is 0 Å². The molecule has 2 aromatic rings. The Morgan fingerprint density at radius 2 is 2.22 bits per heavy atom. The van der Waals surface area contributed by atoms with E-state index in [0.29, 0.717) is 18.4 Å². The molecule has 2 atom stereocenters. The fraction of sp³-hybridized carbons (Fsp3) is 0.556. The normalized spacial score (nSPS) is 19.1. The monoisotopic (exact) mass is 314 g/mol. The predicted octanol–water partition coefficient (Wildman–Crippen LogP) is 2.28. The Morgan fingerprint density at radius 1 is 1.35 bits per heavy atom. The van der Waals surface area contributed by atoms with Crippen LogP contribution in [-0.4, -0.2) is 34.7 Å². The van der Waals surface area contributed by atoms with E-state index in [-0.39, 0.29) is 0 Å². The fourth-order valence-electron chi connectivity index (χ4n) is 3.03. The number of hydrogen-bond donors (Lipinski definition) is 1. The van der Waals surface area contributed by atoms with Gasteiger partial charge in [0.15, 0.2) is 0 Å². The lowest BCUT2D eigenvalue weighted by Crippen LogP contribution is -2.14. The van der Waals surface area contributed by atoms with Gasteiger partial charge in [-0.25, -0.2) is 0 Å². The lowest BCUT2D eigenvalue weighted by molar-refractivity contribution is 0.0855. The molecule has 0 aliphatic carbocycles. The van der Waals surface area contributed by atoms with Gasteiger partial charge >= 0.3 is 0 Å². The van der Waals surface area contributed by atoms with Crippen molar-refractivity contribution in [2.24, 2.45) is 11.8 Å². The van der Waals surface area contributed by atoms with E-state index in [1.54, 1.807) is 0 Å². The van der Waals surface area contributed by atoms with Crippen LogP contribution >= 0.6 is 0 Å². The first kappa shape index (κ1) is 16.1. The highest BCUT2D eigenvalue weighted by molar-refractivity contribution is 5.13. The van der Waals surface area contributed by atoms with E-state index in [1.807, 2.05) is 22.9 Å². The number of aromatic nitrogens is 3. The average molecular weight is 314 g/mol. The fourth-order valence-corrected chi connectivity index (χ4v) is 3.03. The molecule has 5 nitrogen and oxygen atoms in total. The molecule has 3 rings (SSSR count). The Balaban J connectivity index is 1.39. The molecular weight excluding hydrogens is 288 g/mol. The average Bonchev–Trinajstić information content (AvgIpc) is 3.21. The third-order valence-electron chi connectivity index (χ3n) is 4.26. The lowest BCUT2D eigenvalue weighted by Gasteiger charge is -2.11. The SMILES string of the molecule is CC(COCc1ccccc1)Cn1cc(CC2CCNC2)nn1. The Labute approximate surface area is 138 Å². The molecule has 2 unspecified atom stereocenters. The molecule has 0 bridgehead atoms. The molecule has 1 fully saturated rings. The topological polar surface area (TPSA) is 52.0 Å². The summed E-state index contributed by atoms with van der Waals surface area (Å²) < 4.78 is 7.75. The molecule has 1 saturated heterocycles. The Hall–Kier alpha value is -1.72. The first-order valence-electron chi connectivity index (χ1n) is 8.51. The van der Waals surface area contributed by atoms with E-state index in [9.17, 15) is 0 Å². The van der Waals surface area contributed by atoms with Crippen LogP contribution in [0.2, 0.25) is 0 Å². The maximum Gasteiger partial charge on any atom is 0.0830 e. The van der Waals surface area contributed by atoms with Crippen LogP contribution in [0.4, 0.5) is 0 Å². The largest absolute Gasteiger partial charge is 0.376 e. The summed E-state index contributed by atoms with van der Waals surface area (Å²) >= 11 is 0. The van der Waals surface area contributed by atoms with E-state index in [0.717, 1.165) is 38.4 Å². The quantitative estimate of drug-likeness (QED) is 0.812. The molecular formula is C18H26N4O. The number of nitrogens with zero attached hydrogens (tertiary/aromatic N) is 3. The molecule has 124 valence electrons. The zero-order valence-corrected chi connectivity index (χ0v) is 13.8. The van der Waals surface area contributed by atoms with Gasteiger partial charge in [0.1, 0.15) is 0 Å². The van der Waals surface area contributed by atoms with Crippen LogP contribution < -0.4 is 5.32 Å². The van der Waals surface area contributed by atoms with Gasteiger partial charge in [0.25, 0.3) is 0 Å². The molecule has 1 N–H and O–H groups in total. The Morgan fingerprint density at radius 3 is 3.00 bits per heavy atom. The zero-order valence-electron chi connectivity index (χ0n) is 13.8. The Kier molecular flexibility index (Phi) is 5.77. The van der Waals surface area contributed by atoms with Gasteiger partial charge in [-0.2, -0.15) is 0 Å². The molecule has 0 amide bonds. The minimum absolute atomic E-state index is 0.418. The second kappa shape index (κ2) is 8.22. The standard InChI is InChI=1S/C18H26N4O/c1-15(13-23-14-16-5-3-2-4-6-16)11-22-12-18(20-21-22)9-17-7-8-19-10-17/h2-6,12,15,17,19H,7-11,13-14H2,1H3. The summed E-state index contributed by atoms with van der Waals surface area (Å²) in [6, 6.07) is 10.3. The maximum absolute atomic E-state index is 5.80. The van der Waals surface area contributed by atoms with Crippen molar-refractivity contribution in [1.82, 2.24) is 20.3 Å². The number of nitrogens with one attached hydrogen (secondary N) is 1. The molecule has 1 aliphatic heterocycles. The summed E-state index contributed by atoms with van der Waals surface area (Å²) in [5.74, 6) is 1.13. The van der Waals surface area contributed by atoms with Crippen LogP contribution in [0.15, 0.2) is 36.5 Å². The van der Waals surface area contributed by atoms with E-state index >= 15 is 0 Å². The van der Waals surface area contributed by atoms with Crippen molar-refractivity contribution in [1.29, 1.82) is 0 Å². The van der Waals surface area contributed by atoms with Gasteiger partial charge in [-0.1, -0.05) is 42.5 Å². The van der Waals surface area contributed by atoms with E-state index in [1.165, 1.54) is 12.0 Å². The van der Waals surface area contributed by atoms with Crippen LogP contribution in [-0.2, 0) is 24.3 Å². The summed E-state index contributed by atoms with van der Waals surface area (Å²) in [6.07, 6.45) is 4.37. The molecule has 1 aromatic heterocycles. The summed E-state index contributed by atoms with van der Waals surface area (Å²) in [5, 5.41) is 12.0. The van der Waals surface area contributed by atoms with E-state index < -0.39 is 0 Å². The highest BCUT2D eigenvalue weighted by Crippen LogP contribution is 2.13. The lowest BCUT2D eigenvalue weighted by atomic mass is 10.0. The maximum atomic E-state index is 5.80. The van der Waals surface area contributed by atoms with Crippen molar-refractivity contribution in [3.63, 3.8) is 0 Å². The third-order valence-corrected chi connectivity index (χ3v) is 4.26. The van der Waals surface area contributed by atoms with Crippen LogP contribution in [0, 0.1) is 11.8 Å². The molecule has 0 radical (unpaired) electrons. The second-order valence-electron chi connectivity index (χ2n) is 6.60. The summed E-state index contributed by atoms with van der Waals surface area (Å²) in [5.41, 5.74) is 2.32. The van der Waals surface area contributed by atoms with E-state index in [2.05, 4.69) is 40.9 Å². The number of ether oxygens (including phenoxy) is 1. The molecule has 0 spiro atoms. The molecule has 0 saturated carbocycles. The third kappa shape index (κ3) is 5.15. The minimum Gasteiger partial charge on any atom is -0.376 e. The van der Waals surface area contributed by atoms with Gasteiger partial charge < -0.3 is 10.1 Å². The molecule has 1 aromatic carbocycles. The van der Waals surface area contributed by atoms with Gasteiger partial charge in [-0.05, 0) is 43.3 Å². The number of rotatable bonds is 8. The van der Waals surface area contributed by atoms with Crippen LogP contribution in [0.3, 0.4) is 0 Å². The molecule has 2 heterocycles. The van der Waals surface area contributed by atoms with Gasteiger partial charge in [0.2, 0.25) is 0 Å². The van der Waals surface area contributed by atoms with Crippen LogP contribution in [0.5, 0.6) is 0 Å². The highest BCUT2D eigenvalue weighted by Gasteiger charge is 2.16. The smallest absolute Gasteiger partial charge is 0.0830 e. The number of benzene rings is 1. The van der Waals surface area contributed by atoms with Crippen LogP contribution in [0.1, 0.15) is 24.6 Å². The highest BCUT2D eigenvalue weighted by atomic mass is 16.5. The second-order valence-corrected chi connectivity index (χ2v) is 6.60. The van der Waals surface area contributed by atoms with Crippen molar-refractivity contribution in [3.05, 3.63) is 47.8 Å². The first-order chi connectivity index (χ1) is 11.3. The van der Waals surface area contributed by atoms with Gasteiger partial charge in [0, 0.05) is 12.7 Å². The summed E-state index contributed by atoms with van der Waals surface area (Å²) in [7, 11) is 0. The first-order valence-corrected chi connectivity index (χ1v) is 8.51. The van der Waals surface area contributed by atoms with Crippen molar-refractivity contribution < 1.29 is 4.74 Å². The van der Waals surface area contributed by atoms with Crippen molar-refractivity contribution in [2.75, 3.05) is 19.7 Å².